The van der Waals surface area contributed by atoms with Crippen LogP contribution in [-0.2, 0) is 23.8 Å². The number of nitrogens with one attached hydrogen (secondary N) is 1. The van der Waals surface area contributed by atoms with Crippen molar-refractivity contribution in [1.29, 1.82) is 0 Å². The Hall–Kier alpha value is -1.53. The molecule has 0 fully saturated rings. The van der Waals surface area contributed by atoms with Crippen molar-refractivity contribution in [3.63, 3.8) is 0 Å². The number of rotatable bonds is 2. The molecule has 1 amide bonds. The van der Waals surface area contributed by atoms with E-state index < -0.39 is 11.7 Å². The molecule has 2 aromatic rings. The Bertz CT molecular complexity index is 807. The predicted octanol–water partition coefficient (Wildman–Crippen LogP) is 5.47. The fraction of sp³-hybridized carbons (Fsp3) is 0.235. The molecular weight excluding hydrogens is 407 g/mol. The molecule has 2 nitrogen and oxygen atoms in total. The van der Waals surface area contributed by atoms with Gasteiger partial charge in [0.1, 0.15) is 0 Å². The topological polar surface area (TPSA) is 29.1 Å². The molecule has 1 unspecified atom stereocenters. The van der Waals surface area contributed by atoms with E-state index in [0.29, 0.717) is 12.8 Å². The molecular formula is C17H12BrClF3NO. The van der Waals surface area contributed by atoms with Crippen LogP contribution in [0.5, 0.6) is 0 Å². The van der Waals surface area contributed by atoms with Gasteiger partial charge >= 0.3 is 6.18 Å². The first kappa shape index (κ1) is 17.3. The number of halogens is 5. The highest BCUT2D eigenvalue weighted by Crippen LogP contribution is 2.35. The molecule has 2 aromatic carbocycles. The molecule has 0 radical (unpaired) electrons. The number of fused-ring (bicyclic) bond motifs is 1. The molecule has 0 saturated carbocycles. The first-order chi connectivity index (χ1) is 11.2. The van der Waals surface area contributed by atoms with Gasteiger partial charge in [-0.05, 0) is 54.3 Å². The monoisotopic (exact) mass is 417 g/mol. The fourth-order valence-electron chi connectivity index (χ4n) is 2.80. The second-order valence-corrected chi connectivity index (χ2v) is 7.02. The second-order valence-electron chi connectivity index (χ2n) is 5.70. The number of amides is 1. The predicted molar refractivity (Wildman–Crippen MR) is 90.1 cm³/mol. The maximum Gasteiger partial charge on any atom is 0.416 e. The Morgan fingerprint density at radius 3 is 2.54 bits per heavy atom. The van der Waals surface area contributed by atoms with Crippen molar-refractivity contribution in [3.8, 4) is 0 Å². The van der Waals surface area contributed by atoms with Crippen molar-refractivity contribution in [2.75, 3.05) is 5.32 Å². The van der Waals surface area contributed by atoms with Gasteiger partial charge in [-0.3, -0.25) is 4.79 Å². The van der Waals surface area contributed by atoms with Gasteiger partial charge in [-0.1, -0.05) is 33.6 Å². The lowest BCUT2D eigenvalue weighted by molar-refractivity contribution is -0.137. The Morgan fingerprint density at radius 1 is 1.12 bits per heavy atom. The number of carbonyl (C=O) groups excluding carboxylic acids is 1. The van der Waals surface area contributed by atoms with Crippen LogP contribution < -0.4 is 5.32 Å². The van der Waals surface area contributed by atoms with Gasteiger partial charge in [0.05, 0.1) is 16.3 Å². The summed E-state index contributed by atoms with van der Waals surface area (Å²) in [4.78, 5) is 12.4. The van der Waals surface area contributed by atoms with E-state index in [1.54, 1.807) is 0 Å². The van der Waals surface area contributed by atoms with Gasteiger partial charge in [0.25, 0.3) is 0 Å². The van der Waals surface area contributed by atoms with Crippen LogP contribution in [0.3, 0.4) is 0 Å². The van der Waals surface area contributed by atoms with E-state index in [1.807, 2.05) is 18.2 Å². The number of hydrogen-bond donors (Lipinski definition) is 1. The number of carbonyl (C=O) groups is 1. The van der Waals surface area contributed by atoms with Gasteiger partial charge in [0.15, 0.2) is 0 Å². The smallest absolute Gasteiger partial charge is 0.324 e. The lowest BCUT2D eigenvalue weighted by atomic mass is 10.1. The molecule has 0 saturated heterocycles. The third-order valence-electron chi connectivity index (χ3n) is 4.02. The van der Waals surface area contributed by atoms with E-state index in [0.717, 1.165) is 33.8 Å². The number of anilines is 1. The average Bonchev–Trinajstić information content (AvgIpc) is 2.91. The standard InChI is InChI=1S/C17H12BrClF3NO/c18-13-3-1-9-5-11(6-10(9)7-13)16(24)23-15-8-12(17(20,21)22)2-4-14(15)19/h1-4,7-8,11H,5-6H2,(H,23,24). The Morgan fingerprint density at radius 2 is 1.83 bits per heavy atom. The zero-order chi connectivity index (χ0) is 17.5. The van der Waals surface area contributed by atoms with Gasteiger partial charge in [-0.25, -0.2) is 0 Å². The van der Waals surface area contributed by atoms with E-state index in [-0.39, 0.29) is 22.5 Å². The fourth-order valence-corrected chi connectivity index (χ4v) is 3.38. The zero-order valence-corrected chi connectivity index (χ0v) is 14.6. The van der Waals surface area contributed by atoms with E-state index >= 15 is 0 Å². The summed E-state index contributed by atoms with van der Waals surface area (Å²) in [6.07, 6.45) is -3.37. The largest absolute Gasteiger partial charge is 0.416 e. The summed E-state index contributed by atoms with van der Waals surface area (Å²) >= 11 is 9.31. The molecule has 1 atom stereocenters. The lowest BCUT2D eigenvalue weighted by Gasteiger charge is -2.14. The first-order valence-corrected chi connectivity index (χ1v) is 8.36. The molecule has 0 bridgehead atoms. The highest BCUT2D eigenvalue weighted by atomic mass is 79.9. The summed E-state index contributed by atoms with van der Waals surface area (Å²) in [6.45, 7) is 0. The van der Waals surface area contributed by atoms with Crippen molar-refractivity contribution in [2.45, 2.75) is 19.0 Å². The SMILES string of the molecule is O=C(Nc1cc(C(F)(F)F)ccc1Cl)C1Cc2ccc(Br)cc2C1. The highest BCUT2D eigenvalue weighted by Gasteiger charge is 2.32. The Kier molecular flexibility index (Phi) is 4.62. The van der Waals surface area contributed by atoms with E-state index in [2.05, 4.69) is 21.2 Å². The summed E-state index contributed by atoms with van der Waals surface area (Å²) in [5.41, 5.74) is 1.28. The van der Waals surface area contributed by atoms with Crippen molar-refractivity contribution in [2.24, 2.45) is 5.92 Å². The maximum absolute atomic E-state index is 12.8. The van der Waals surface area contributed by atoms with Gasteiger partial charge < -0.3 is 5.32 Å². The number of benzene rings is 2. The minimum atomic E-state index is -4.49. The van der Waals surface area contributed by atoms with Gasteiger partial charge in [0.2, 0.25) is 5.91 Å². The molecule has 24 heavy (non-hydrogen) atoms. The lowest BCUT2D eigenvalue weighted by Crippen LogP contribution is -2.23. The van der Waals surface area contributed by atoms with E-state index in [4.69, 9.17) is 11.6 Å². The molecule has 0 aliphatic heterocycles. The summed E-state index contributed by atoms with van der Waals surface area (Å²) in [6, 6.07) is 8.70. The highest BCUT2D eigenvalue weighted by molar-refractivity contribution is 9.10. The summed E-state index contributed by atoms with van der Waals surface area (Å²) in [7, 11) is 0. The van der Waals surface area contributed by atoms with Crippen molar-refractivity contribution < 1.29 is 18.0 Å². The molecule has 0 aromatic heterocycles. The quantitative estimate of drug-likeness (QED) is 0.688. The van der Waals surface area contributed by atoms with Crippen LogP contribution in [0.25, 0.3) is 0 Å². The van der Waals surface area contributed by atoms with Crippen molar-refractivity contribution in [1.82, 2.24) is 0 Å². The third-order valence-corrected chi connectivity index (χ3v) is 4.85. The van der Waals surface area contributed by atoms with E-state index in [9.17, 15) is 18.0 Å². The number of hydrogen-bond acceptors (Lipinski definition) is 1. The average molecular weight is 419 g/mol. The van der Waals surface area contributed by atoms with Crippen LogP contribution in [0.2, 0.25) is 5.02 Å². The Labute approximate surface area is 150 Å². The van der Waals surface area contributed by atoms with Crippen LogP contribution in [0.1, 0.15) is 16.7 Å². The minimum absolute atomic E-state index is 0.0198. The second kappa shape index (κ2) is 6.41. The van der Waals surface area contributed by atoms with Crippen LogP contribution in [-0.4, -0.2) is 5.91 Å². The molecule has 0 spiro atoms. The summed E-state index contributed by atoms with van der Waals surface area (Å²) in [5, 5.41) is 2.61. The number of alkyl halides is 3. The molecule has 3 rings (SSSR count). The van der Waals surface area contributed by atoms with Gasteiger partial charge in [-0.2, -0.15) is 13.2 Å². The van der Waals surface area contributed by atoms with Crippen LogP contribution in [0.4, 0.5) is 18.9 Å². The van der Waals surface area contributed by atoms with Crippen molar-refractivity contribution >= 4 is 39.1 Å². The molecule has 1 N–H and O–H groups in total. The van der Waals surface area contributed by atoms with Gasteiger partial charge in [0, 0.05) is 10.4 Å². The van der Waals surface area contributed by atoms with Crippen LogP contribution in [0.15, 0.2) is 40.9 Å². The molecule has 126 valence electrons. The van der Waals surface area contributed by atoms with Gasteiger partial charge in [-0.15, -0.1) is 0 Å². The molecule has 0 heterocycles. The molecule has 7 heteroatoms. The normalized spacial score (nSPS) is 16.8. The first-order valence-electron chi connectivity index (χ1n) is 7.19. The Balaban J connectivity index is 1.77. The van der Waals surface area contributed by atoms with Crippen LogP contribution >= 0.6 is 27.5 Å². The zero-order valence-electron chi connectivity index (χ0n) is 12.3. The minimum Gasteiger partial charge on any atom is -0.324 e. The molecule has 1 aliphatic rings. The van der Waals surface area contributed by atoms with E-state index in [1.165, 1.54) is 0 Å². The summed E-state index contributed by atoms with van der Waals surface area (Å²) in [5.74, 6) is -0.650. The maximum atomic E-state index is 12.8. The third kappa shape index (κ3) is 3.59. The summed E-state index contributed by atoms with van der Waals surface area (Å²) < 4.78 is 39.3. The van der Waals surface area contributed by atoms with Crippen molar-refractivity contribution in [3.05, 3.63) is 62.6 Å². The molecule has 1 aliphatic carbocycles. The van der Waals surface area contributed by atoms with Crippen LogP contribution in [0, 0.1) is 5.92 Å².